The Morgan fingerprint density at radius 2 is 1.90 bits per heavy atom. The Balaban J connectivity index is 1.57. The molecule has 0 saturated heterocycles. The first-order valence-electron chi connectivity index (χ1n) is 8.76. The van der Waals surface area contributed by atoms with Gasteiger partial charge in [0.25, 0.3) is 5.91 Å². The van der Waals surface area contributed by atoms with E-state index < -0.39 is 0 Å². The fourth-order valence-electron chi connectivity index (χ4n) is 3.09. The Hall–Kier alpha value is -2.83. The van der Waals surface area contributed by atoms with Gasteiger partial charge in [-0.15, -0.1) is 0 Å². The molecule has 0 atom stereocenters. The summed E-state index contributed by atoms with van der Waals surface area (Å²) in [6.45, 7) is 1.89. The van der Waals surface area contributed by atoms with E-state index in [9.17, 15) is 4.79 Å². The summed E-state index contributed by atoms with van der Waals surface area (Å²) in [5.41, 5.74) is 4.14. The number of amides is 1. The van der Waals surface area contributed by atoms with E-state index in [1.54, 1.807) is 43.5 Å². The Bertz CT molecular complexity index is 1220. The van der Waals surface area contributed by atoms with Crippen LogP contribution in [0.2, 0.25) is 5.02 Å². The maximum Gasteiger partial charge on any atom is 0.259 e. The minimum Gasteiger partial charge on any atom is -0.496 e. The third-order valence-corrected chi connectivity index (χ3v) is 5.12. The highest BCUT2D eigenvalue weighted by Gasteiger charge is 2.16. The molecule has 0 fully saturated rings. The molecular weight excluding hydrogens is 456 g/mol. The van der Waals surface area contributed by atoms with Gasteiger partial charge in [-0.1, -0.05) is 27.5 Å². The van der Waals surface area contributed by atoms with Crippen LogP contribution in [0.5, 0.6) is 5.75 Å². The van der Waals surface area contributed by atoms with Crippen LogP contribution in [0.3, 0.4) is 0 Å². The number of oxazole rings is 1. The van der Waals surface area contributed by atoms with E-state index in [1.807, 2.05) is 25.1 Å². The molecule has 0 spiro atoms. The zero-order valence-corrected chi connectivity index (χ0v) is 18.0. The fraction of sp³-hybridized carbons (Fsp3) is 0.0909. The largest absolute Gasteiger partial charge is 0.496 e. The van der Waals surface area contributed by atoms with E-state index in [-0.39, 0.29) is 5.91 Å². The first-order valence-corrected chi connectivity index (χ1v) is 9.93. The van der Waals surface area contributed by atoms with E-state index in [2.05, 4.69) is 26.2 Å². The monoisotopic (exact) mass is 470 g/mol. The molecule has 0 unspecified atom stereocenters. The molecule has 4 rings (SSSR count). The van der Waals surface area contributed by atoms with Gasteiger partial charge < -0.3 is 14.5 Å². The predicted molar refractivity (Wildman–Crippen MR) is 118 cm³/mol. The van der Waals surface area contributed by atoms with Crippen LogP contribution in [-0.4, -0.2) is 18.0 Å². The lowest BCUT2D eigenvalue weighted by Gasteiger charge is -2.12. The summed E-state index contributed by atoms with van der Waals surface area (Å²) >= 11 is 9.42. The summed E-state index contributed by atoms with van der Waals surface area (Å²) in [5.74, 6) is 0.785. The Kier molecular flexibility index (Phi) is 5.30. The van der Waals surface area contributed by atoms with E-state index in [1.165, 1.54) is 0 Å². The second-order valence-corrected chi connectivity index (χ2v) is 7.82. The number of rotatable bonds is 4. The van der Waals surface area contributed by atoms with Crippen LogP contribution in [0.1, 0.15) is 15.9 Å². The average Bonchev–Trinajstić information content (AvgIpc) is 3.11. The number of carbonyl (C=O) groups is 1. The van der Waals surface area contributed by atoms with Crippen LogP contribution in [-0.2, 0) is 0 Å². The normalized spacial score (nSPS) is 10.9. The van der Waals surface area contributed by atoms with Gasteiger partial charge in [0.2, 0.25) is 5.89 Å². The standard InChI is InChI=1S/C22H16BrClN2O3/c1-12-9-14(23)10-17(20(12)28-2)21(27)25-16-6-3-13(4-7-16)22-26-18-11-15(24)5-8-19(18)29-22/h3-11H,1-2H3,(H,25,27). The number of nitrogens with one attached hydrogen (secondary N) is 1. The molecule has 1 amide bonds. The number of anilines is 1. The van der Waals surface area contributed by atoms with E-state index in [0.717, 1.165) is 15.6 Å². The molecular formula is C22H16BrClN2O3. The second kappa shape index (κ2) is 7.89. The quantitative estimate of drug-likeness (QED) is 0.370. The summed E-state index contributed by atoms with van der Waals surface area (Å²) in [6.07, 6.45) is 0. The number of carbonyl (C=O) groups excluding carboxylic acids is 1. The molecule has 1 heterocycles. The summed E-state index contributed by atoms with van der Waals surface area (Å²) < 4.78 is 12.0. The van der Waals surface area contributed by atoms with Crippen molar-refractivity contribution < 1.29 is 13.9 Å². The zero-order chi connectivity index (χ0) is 20.5. The van der Waals surface area contributed by atoms with Crippen LogP contribution in [0.4, 0.5) is 5.69 Å². The highest BCUT2D eigenvalue weighted by molar-refractivity contribution is 9.10. The Morgan fingerprint density at radius 1 is 1.14 bits per heavy atom. The Labute approximate surface area is 180 Å². The van der Waals surface area contributed by atoms with Crippen molar-refractivity contribution in [2.24, 2.45) is 0 Å². The number of hydrogen-bond donors (Lipinski definition) is 1. The molecule has 1 aromatic heterocycles. The van der Waals surface area contributed by atoms with Crippen molar-refractivity contribution >= 4 is 50.2 Å². The van der Waals surface area contributed by atoms with Gasteiger partial charge in [0.15, 0.2) is 5.58 Å². The topological polar surface area (TPSA) is 64.4 Å². The van der Waals surface area contributed by atoms with Crippen LogP contribution in [0, 0.1) is 6.92 Å². The van der Waals surface area contributed by atoms with Crippen molar-refractivity contribution in [3.63, 3.8) is 0 Å². The molecule has 0 aliphatic carbocycles. The molecule has 0 aliphatic rings. The van der Waals surface area contributed by atoms with Crippen molar-refractivity contribution in [2.75, 3.05) is 12.4 Å². The minimum atomic E-state index is -0.254. The number of ether oxygens (including phenoxy) is 1. The van der Waals surface area contributed by atoms with Gasteiger partial charge in [0, 0.05) is 20.7 Å². The third-order valence-electron chi connectivity index (χ3n) is 4.43. The molecule has 0 saturated carbocycles. The number of fused-ring (bicyclic) bond motifs is 1. The highest BCUT2D eigenvalue weighted by atomic mass is 79.9. The molecule has 5 nitrogen and oxygen atoms in total. The summed E-state index contributed by atoms with van der Waals surface area (Å²) in [4.78, 5) is 17.2. The summed E-state index contributed by atoms with van der Waals surface area (Å²) in [6, 6.07) is 16.2. The van der Waals surface area contributed by atoms with Crippen LogP contribution in [0.25, 0.3) is 22.6 Å². The smallest absolute Gasteiger partial charge is 0.259 e. The number of aromatic nitrogens is 1. The zero-order valence-electron chi connectivity index (χ0n) is 15.6. The van der Waals surface area contributed by atoms with Crippen LogP contribution in [0.15, 0.2) is 63.5 Å². The third kappa shape index (κ3) is 3.99. The van der Waals surface area contributed by atoms with Gasteiger partial charge in [-0.25, -0.2) is 4.98 Å². The maximum absolute atomic E-state index is 12.7. The minimum absolute atomic E-state index is 0.254. The maximum atomic E-state index is 12.7. The van der Waals surface area contributed by atoms with Gasteiger partial charge in [-0.2, -0.15) is 0 Å². The van der Waals surface area contributed by atoms with E-state index in [0.29, 0.717) is 39.0 Å². The molecule has 0 radical (unpaired) electrons. The van der Waals surface area contributed by atoms with Crippen molar-refractivity contribution in [3.8, 4) is 17.2 Å². The summed E-state index contributed by atoms with van der Waals surface area (Å²) in [5, 5.41) is 3.50. The molecule has 29 heavy (non-hydrogen) atoms. The fourth-order valence-corrected chi connectivity index (χ4v) is 3.83. The van der Waals surface area contributed by atoms with Gasteiger partial charge in [0.05, 0.1) is 12.7 Å². The van der Waals surface area contributed by atoms with E-state index in [4.69, 9.17) is 20.8 Å². The second-order valence-electron chi connectivity index (χ2n) is 6.47. The molecule has 146 valence electrons. The number of nitrogens with zero attached hydrogens (tertiary/aromatic N) is 1. The number of hydrogen-bond acceptors (Lipinski definition) is 4. The molecule has 1 N–H and O–H groups in total. The van der Waals surface area contributed by atoms with Crippen molar-refractivity contribution in [1.29, 1.82) is 0 Å². The van der Waals surface area contributed by atoms with Crippen molar-refractivity contribution in [2.45, 2.75) is 6.92 Å². The average molecular weight is 472 g/mol. The highest BCUT2D eigenvalue weighted by Crippen LogP contribution is 2.30. The van der Waals surface area contributed by atoms with Gasteiger partial charge in [-0.3, -0.25) is 4.79 Å². The number of halogens is 2. The van der Waals surface area contributed by atoms with Crippen LogP contribution >= 0.6 is 27.5 Å². The first-order chi connectivity index (χ1) is 13.9. The lowest BCUT2D eigenvalue weighted by Crippen LogP contribution is -2.13. The number of benzene rings is 3. The first kappa shape index (κ1) is 19.5. The van der Waals surface area contributed by atoms with Gasteiger partial charge in [0.1, 0.15) is 11.3 Å². The lowest BCUT2D eigenvalue weighted by atomic mass is 10.1. The van der Waals surface area contributed by atoms with E-state index >= 15 is 0 Å². The number of aryl methyl sites for hydroxylation is 1. The van der Waals surface area contributed by atoms with Gasteiger partial charge in [-0.05, 0) is 67.1 Å². The molecule has 3 aromatic carbocycles. The van der Waals surface area contributed by atoms with Crippen molar-refractivity contribution in [1.82, 2.24) is 4.98 Å². The summed E-state index contributed by atoms with van der Waals surface area (Å²) in [7, 11) is 1.55. The van der Waals surface area contributed by atoms with Crippen molar-refractivity contribution in [3.05, 3.63) is 75.2 Å². The lowest BCUT2D eigenvalue weighted by molar-refractivity contribution is 0.102. The van der Waals surface area contributed by atoms with Crippen LogP contribution < -0.4 is 10.1 Å². The SMILES string of the molecule is COc1c(C)cc(Br)cc1C(=O)Nc1ccc(-c2nc3cc(Cl)ccc3o2)cc1. The predicted octanol–water partition coefficient (Wildman–Crippen LogP) is 6.48. The molecule has 7 heteroatoms. The Morgan fingerprint density at radius 3 is 2.62 bits per heavy atom. The molecule has 4 aromatic rings. The molecule has 0 bridgehead atoms. The van der Waals surface area contributed by atoms with Gasteiger partial charge >= 0.3 is 0 Å². The number of methoxy groups -OCH3 is 1. The molecule has 0 aliphatic heterocycles.